The lowest BCUT2D eigenvalue weighted by molar-refractivity contribution is 0.525. The van der Waals surface area contributed by atoms with Gasteiger partial charge in [0.2, 0.25) is 0 Å². The molecule has 1 N–H and O–H groups in total. The molecule has 3 heterocycles. The number of hydrogen-bond acceptors (Lipinski definition) is 6. The van der Waals surface area contributed by atoms with Crippen LogP contribution in [0.3, 0.4) is 0 Å². The second-order valence-corrected chi connectivity index (χ2v) is 5.60. The average molecular weight is 320 g/mol. The molecule has 0 atom stereocenters. The summed E-state index contributed by atoms with van der Waals surface area (Å²) in [6.07, 6.45) is 0. The van der Waals surface area contributed by atoms with Crippen LogP contribution < -0.4 is 5.43 Å². The molecule has 7 heteroatoms. The highest BCUT2D eigenvalue weighted by atomic mass is 16.3. The summed E-state index contributed by atoms with van der Waals surface area (Å²) < 4.78 is 7.53. The Bertz CT molecular complexity index is 1080. The first-order chi connectivity index (χ1) is 11.6. The first-order valence-corrected chi connectivity index (χ1v) is 7.58. The number of benzene rings is 1. The van der Waals surface area contributed by atoms with E-state index in [1.807, 2.05) is 61.9 Å². The molecule has 4 rings (SSSR count). The largest absolute Gasteiger partial charge is 0.460 e. The highest BCUT2D eigenvalue weighted by Gasteiger charge is 2.12. The van der Waals surface area contributed by atoms with Crippen molar-refractivity contribution in [1.29, 1.82) is 0 Å². The van der Waals surface area contributed by atoms with Crippen molar-refractivity contribution in [2.24, 2.45) is 12.1 Å². The van der Waals surface area contributed by atoms with Crippen LogP contribution in [-0.2, 0) is 7.05 Å². The maximum absolute atomic E-state index is 5.53. The number of para-hydroxylation sites is 1. The summed E-state index contributed by atoms with van der Waals surface area (Å²) in [7, 11) is 1.96. The molecule has 0 unspecified atom stereocenters. The lowest BCUT2D eigenvalue weighted by atomic mass is 10.2. The molecule has 0 aliphatic heterocycles. The predicted molar refractivity (Wildman–Crippen MR) is 93.1 cm³/mol. The number of aryl methyl sites for hydroxylation is 2. The molecule has 0 spiro atoms. The number of nitrogens with zero attached hydrogens (tertiary/aromatic N) is 5. The molecule has 24 heavy (non-hydrogen) atoms. The smallest absolute Gasteiger partial charge is 0.265 e. The van der Waals surface area contributed by atoms with Crippen molar-refractivity contribution in [1.82, 2.24) is 19.7 Å². The van der Waals surface area contributed by atoms with E-state index in [4.69, 9.17) is 4.42 Å². The van der Waals surface area contributed by atoms with Gasteiger partial charge in [0.25, 0.3) is 5.95 Å². The average Bonchev–Trinajstić information content (AvgIpc) is 3.16. The molecular weight excluding hydrogens is 304 g/mol. The molecule has 0 fully saturated rings. The van der Waals surface area contributed by atoms with Crippen LogP contribution in [0.4, 0.5) is 5.95 Å². The van der Waals surface area contributed by atoms with E-state index in [0.717, 1.165) is 27.8 Å². The molecule has 3 aromatic heterocycles. The van der Waals surface area contributed by atoms with Crippen LogP contribution in [0, 0.1) is 6.92 Å². The normalized spacial score (nSPS) is 12.2. The third-order valence-electron chi connectivity index (χ3n) is 3.93. The number of hydrogen-bond donors (Lipinski definition) is 1. The van der Waals surface area contributed by atoms with Crippen LogP contribution in [0.1, 0.15) is 18.4 Å². The summed E-state index contributed by atoms with van der Waals surface area (Å²) in [6.45, 7) is 3.75. The van der Waals surface area contributed by atoms with Crippen molar-refractivity contribution in [3.05, 3.63) is 47.9 Å². The molecule has 0 saturated heterocycles. The molecule has 1 aromatic carbocycles. The maximum Gasteiger partial charge on any atom is 0.265 e. The Morgan fingerprint density at radius 3 is 2.79 bits per heavy atom. The molecule has 0 bridgehead atoms. The van der Waals surface area contributed by atoms with E-state index in [1.165, 1.54) is 0 Å². The number of hydrazone groups is 1. The summed E-state index contributed by atoms with van der Waals surface area (Å²) in [5.41, 5.74) is 6.16. The van der Waals surface area contributed by atoms with E-state index in [9.17, 15) is 0 Å². The minimum absolute atomic E-state index is 0.344. The Kier molecular flexibility index (Phi) is 3.26. The van der Waals surface area contributed by atoms with Crippen LogP contribution in [0.25, 0.3) is 22.1 Å². The maximum atomic E-state index is 5.53. The van der Waals surface area contributed by atoms with Gasteiger partial charge < -0.3 is 8.98 Å². The zero-order valence-electron chi connectivity index (χ0n) is 13.6. The van der Waals surface area contributed by atoms with Gasteiger partial charge in [0.1, 0.15) is 22.7 Å². The van der Waals surface area contributed by atoms with Gasteiger partial charge in [-0.2, -0.15) is 10.1 Å². The molecule has 0 amide bonds. The van der Waals surface area contributed by atoms with Crippen molar-refractivity contribution in [2.45, 2.75) is 13.8 Å². The predicted octanol–water partition coefficient (Wildman–Crippen LogP) is 3.25. The first kappa shape index (κ1) is 14.4. The van der Waals surface area contributed by atoms with Gasteiger partial charge in [-0.1, -0.05) is 18.2 Å². The Labute approximate surface area is 138 Å². The van der Waals surface area contributed by atoms with E-state index >= 15 is 0 Å². The van der Waals surface area contributed by atoms with Gasteiger partial charge in [0.15, 0.2) is 5.65 Å². The third-order valence-corrected chi connectivity index (χ3v) is 3.93. The number of fused-ring (bicyclic) bond motifs is 3. The fourth-order valence-electron chi connectivity index (χ4n) is 2.67. The summed E-state index contributed by atoms with van der Waals surface area (Å²) >= 11 is 0. The second-order valence-electron chi connectivity index (χ2n) is 5.60. The topological polar surface area (TPSA) is 81.1 Å². The van der Waals surface area contributed by atoms with Gasteiger partial charge in [-0.15, -0.1) is 10.2 Å². The van der Waals surface area contributed by atoms with E-state index in [1.54, 1.807) is 0 Å². The van der Waals surface area contributed by atoms with Gasteiger partial charge in [-0.05, 0) is 32.0 Å². The van der Waals surface area contributed by atoms with Crippen LogP contribution >= 0.6 is 0 Å². The Balaban J connectivity index is 1.70. The molecule has 0 radical (unpaired) electrons. The van der Waals surface area contributed by atoms with E-state index in [2.05, 4.69) is 25.7 Å². The molecular formula is C17H16N6O. The second kappa shape index (κ2) is 5.45. The van der Waals surface area contributed by atoms with E-state index in [-0.39, 0.29) is 0 Å². The molecule has 0 saturated carbocycles. The number of nitrogens with one attached hydrogen (secondary N) is 1. The summed E-state index contributed by atoms with van der Waals surface area (Å²) in [4.78, 5) is 4.52. The minimum Gasteiger partial charge on any atom is -0.460 e. The summed E-state index contributed by atoms with van der Waals surface area (Å²) in [5, 5.41) is 13.7. The highest BCUT2D eigenvalue weighted by molar-refractivity contribution is 6.04. The molecule has 4 aromatic rings. The number of rotatable bonds is 3. The van der Waals surface area contributed by atoms with Crippen LogP contribution in [-0.4, -0.2) is 25.5 Å². The zero-order chi connectivity index (χ0) is 16.7. The molecule has 0 aliphatic carbocycles. The van der Waals surface area contributed by atoms with Crippen LogP contribution in [0.2, 0.25) is 0 Å². The van der Waals surface area contributed by atoms with Gasteiger partial charge >= 0.3 is 0 Å². The SMILES string of the molecule is CC(=NNc1nnc2c3ccccc3n(C)c2n1)c1ccc(C)o1. The first-order valence-electron chi connectivity index (χ1n) is 7.58. The molecule has 0 aliphatic rings. The van der Waals surface area contributed by atoms with Crippen molar-refractivity contribution < 1.29 is 4.42 Å². The van der Waals surface area contributed by atoms with E-state index < -0.39 is 0 Å². The summed E-state index contributed by atoms with van der Waals surface area (Å²) in [6, 6.07) is 11.8. The quantitative estimate of drug-likeness (QED) is 0.463. The van der Waals surface area contributed by atoms with E-state index in [0.29, 0.717) is 17.4 Å². The van der Waals surface area contributed by atoms with Crippen molar-refractivity contribution in [3.63, 3.8) is 0 Å². The van der Waals surface area contributed by atoms with Gasteiger partial charge in [0, 0.05) is 12.4 Å². The van der Waals surface area contributed by atoms with Crippen LogP contribution in [0.15, 0.2) is 45.9 Å². The fourth-order valence-corrected chi connectivity index (χ4v) is 2.67. The lowest BCUT2D eigenvalue weighted by Gasteiger charge is -2.01. The summed E-state index contributed by atoms with van der Waals surface area (Å²) in [5.74, 6) is 1.89. The number of anilines is 1. The standard InChI is InChI=1S/C17H16N6O/c1-10-8-9-14(24-10)11(2)19-21-17-18-16-15(20-22-17)12-6-4-5-7-13(12)23(16)3/h4-9H,1-3H3,(H,18,21,22). The Morgan fingerprint density at radius 2 is 2.00 bits per heavy atom. The van der Waals surface area contributed by atoms with Crippen molar-refractivity contribution in [2.75, 3.05) is 5.43 Å². The zero-order valence-corrected chi connectivity index (χ0v) is 13.6. The minimum atomic E-state index is 0.344. The Morgan fingerprint density at radius 1 is 1.17 bits per heavy atom. The monoisotopic (exact) mass is 320 g/mol. The number of furan rings is 1. The molecule has 7 nitrogen and oxygen atoms in total. The Hall–Kier alpha value is -3.22. The van der Waals surface area contributed by atoms with Crippen molar-refractivity contribution in [3.8, 4) is 0 Å². The van der Waals surface area contributed by atoms with Crippen LogP contribution in [0.5, 0.6) is 0 Å². The van der Waals surface area contributed by atoms with Crippen molar-refractivity contribution >= 4 is 33.7 Å². The number of aromatic nitrogens is 4. The van der Waals surface area contributed by atoms with Gasteiger partial charge in [0.05, 0.1) is 5.52 Å². The molecule has 120 valence electrons. The van der Waals surface area contributed by atoms with Gasteiger partial charge in [-0.25, -0.2) is 5.43 Å². The fraction of sp³-hybridized carbons (Fsp3) is 0.176. The lowest BCUT2D eigenvalue weighted by Crippen LogP contribution is -2.03. The third kappa shape index (κ3) is 2.30. The van der Waals surface area contributed by atoms with Gasteiger partial charge in [-0.3, -0.25) is 0 Å². The highest BCUT2D eigenvalue weighted by Crippen LogP contribution is 2.24.